The summed E-state index contributed by atoms with van der Waals surface area (Å²) in [7, 11) is 1.64. The Morgan fingerprint density at radius 1 is 1.35 bits per heavy atom. The molecule has 3 rings (SSSR count). The number of carbonyl (C=O) groups is 1. The first-order chi connectivity index (χ1) is 12.2. The molecule has 0 aliphatic carbocycles. The Morgan fingerprint density at radius 3 is 2.73 bits per heavy atom. The lowest BCUT2D eigenvalue weighted by Crippen LogP contribution is -2.27. The highest BCUT2D eigenvalue weighted by molar-refractivity contribution is 9.10. The van der Waals surface area contributed by atoms with Crippen molar-refractivity contribution in [1.29, 1.82) is 0 Å². The first-order valence-electron chi connectivity index (χ1n) is 7.85. The number of carboxylic acids is 1. The number of nitrogens with zero attached hydrogens (tertiary/aromatic N) is 3. The molecule has 1 aromatic carbocycles. The highest BCUT2D eigenvalue weighted by Crippen LogP contribution is 2.37. The third kappa shape index (κ3) is 3.31. The van der Waals surface area contributed by atoms with Crippen molar-refractivity contribution < 1.29 is 14.6 Å². The predicted molar refractivity (Wildman–Crippen MR) is 105 cm³/mol. The van der Waals surface area contributed by atoms with E-state index in [4.69, 9.17) is 4.74 Å². The van der Waals surface area contributed by atoms with Crippen LogP contribution in [0.1, 0.15) is 19.5 Å². The van der Waals surface area contributed by atoms with Crippen LogP contribution in [0.5, 0.6) is 5.75 Å². The maximum absolute atomic E-state index is 11.4. The molecule has 0 aliphatic rings. The lowest BCUT2D eigenvalue weighted by molar-refractivity contribution is -0.138. The summed E-state index contributed by atoms with van der Waals surface area (Å²) >= 11 is 4.77. The lowest BCUT2D eigenvalue weighted by atomic mass is 10.2. The third-order valence-corrected chi connectivity index (χ3v) is 5.72. The summed E-state index contributed by atoms with van der Waals surface area (Å²) in [6.07, 6.45) is 1.95. The van der Waals surface area contributed by atoms with Crippen molar-refractivity contribution >= 4 is 44.6 Å². The molecule has 8 heteroatoms. The van der Waals surface area contributed by atoms with Gasteiger partial charge < -0.3 is 14.4 Å². The Balaban J connectivity index is 2.15. The van der Waals surface area contributed by atoms with Crippen molar-refractivity contribution in [2.75, 3.05) is 7.11 Å². The number of aryl methyl sites for hydroxylation is 1. The summed E-state index contributed by atoms with van der Waals surface area (Å²) in [5.74, 6) is -0.125. The molecule has 0 amide bonds. The number of methoxy groups -OCH3 is 1. The molecule has 0 atom stereocenters. The van der Waals surface area contributed by atoms with Gasteiger partial charge in [0.2, 0.25) is 0 Å². The van der Waals surface area contributed by atoms with Gasteiger partial charge in [-0.2, -0.15) is 5.10 Å². The maximum Gasteiger partial charge on any atom is 0.319 e. The number of fused-ring (bicyclic) bond motifs is 1. The number of aromatic nitrogens is 3. The second-order valence-corrected chi connectivity index (χ2v) is 8.77. The first-order valence-corrected chi connectivity index (χ1v) is 9.46. The molecule has 0 spiro atoms. The molecule has 3 aromatic rings. The molecule has 0 aliphatic heterocycles. The van der Waals surface area contributed by atoms with Crippen LogP contribution in [0.2, 0.25) is 0 Å². The van der Waals surface area contributed by atoms with Gasteiger partial charge in [0.25, 0.3) is 0 Å². The fraction of sp³-hybridized carbons (Fsp3) is 0.278. The van der Waals surface area contributed by atoms with E-state index in [1.807, 2.05) is 42.0 Å². The zero-order valence-corrected chi connectivity index (χ0v) is 17.2. The molecular weight excluding hydrogens is 418 g/mol. The quantitative estimate of drug-likeness (QED) is 0.596. The lowest BCUT2D eigenvalue weighted by Gasteiger charge is -2.18. The van der Waals surface area contributed by atoms with E-state index in [1.165, 1.54) is 11.8 Å². The second kappa shape index (κ2) is 6.92. The normalized spacial score (nSPS) is 11.7. The van der Waals surface area contributed by atoms with E-state index >= 15 is 0 Å². The van der Waals surface area contributed by atoms with Gasteiger partial charge in [-0.05, 0) is 54.9 Å². The highest BCUT2D eigenvalue weighted by Gasteiger charge is 2.29. The van der Waals surface area contributed by atoms with Crippen LogP contribution in [0.15, 0.2) is 40.0 Å². The Morgan fingerprint density at radius 2 is 2.08 bits per heavy atom. The number of benzene rings is 1. The summed E-state index contributed by atoms with van der Waals surface area (Å²) < 4.78 is 7.37. The molecule has 0 bridgehead atoms. The van der Waals surface area contributed by atoms with Crippen LogP contribution >= 0.6 is 27.7 Å². The Hall–Kier alpha value is -2.06. The molecular formula is C18H18BrN3O3S. The van der Waals surface area contributed by atoms with E-state index in [0.717, 1.165) is 32.5 Å². The molecule has 6 nitrogen and oxygen atoms in total. The largest absolute Gasteiger partial charge is 0.496 e. The highest BCUT2D eigenvalue weighted by atomic mass is 79.9. The van der Waals surface area contributed by atoms with Crippen molar-refractivity contribution in [2.24, 2.45) is 0 Å². The summed E-state index contributed by atoms with van der Waals surface area (Å²) in [5, 5.41) is 19.2. The van der Waals surface area contributed by atoms with Gasteiger partial charge in [-0.1, -0.05) is 17.8 Å². The number of hydrogen-bond donors (Lipinski definition) is 1. The van der Waals surface area contributed by atoms with Crippen molar-refractivity contribution in [3.05, 3.63) is 40.6 Å². The minimum Gasteiger partial charge on any atom is -0.496 e. The minimum atomic E-state index is -0.996. The summed E-state index contributed by atoms with van der Waals surface area (Å²) in [6, 6.07) is 7.70. The van der Waals surface area contributed by atoms with Gasteiger partial charge in [-0.15, -0.1) is 5.10 Å². The summed E-state index contributed by atoms with van der Waals surface area (Å²) in [5.41, 5.74) is 2.54. The van der Waals surface area contributed by atoms with Gasteiger partial charge in [0.15, 0.2) is 0 Å². The second-order valence-electron chi connectivity index (χ2n) is 6.27. The van der Waals surface area contributed by atoms with Crippen molar-refractivity contribution in [3.8, 4) is 11.4 Å². The number of thioether (sulfide) groups is 1. The molecule has 0 saturated carbocycles. The van der Waals surface area contributed by atoms with Crippen molar-refractivity contribution in [1.82, 2.24) is 14.8 Å². The van der Waals surface area contributed by atoms with Gasteiger partial charge >= 0.3 is 5.97 Å². The maximum atomic E-state index is 11.4. The molecule has 0 radical (unpaired) electrons. The van der Waals surface area contributed by atoms with Crippen LogP contribution in [0.3, 0.4) is 0 Å². The van der Waals surface area contributed by atoms with E-state index in [9.17, 15) is 9.90 Å². The molecule has 0 unspecified atom stereocenters. The molecule has 0 saturated heterocycles. The van der Waals surface area contributed by atoms with E-state index in [-0.39, 0.29) is 0 Å². The topological polar surface area (TPSA) is 77.2 Å². The number of carboxylic acid groups (broad SMARTS) is 1. The Bertz CT molecular complexity index is 1000. The minimum absolute atomic E-state index is 0.555. The van der Waals surface area contributed by atoms with Crippen molar-refractivity contribution in [2.45, 2.75) is 30.5 Å². The number of rotatable bonds is 5. The van der Waals surface area contributed by atoms with Crippen LogP contribution in [0, 0.1) is 6.92 Å². The molecule has 26 heavy (non-hydrogen) atoms. The van der Waals surface area contributed by atoms with Crippen LogP contribution < -0.4 is 4.74 Å². The molecule has 2 heterocycles. The smallest absolute Gasteiger partial charge is 0.319 e. The third-order valence-electron chi connectivity index (χ3n) is 4.03. The molecule has 0 fully saturated rings. The van der Waals surface area contributed by atoms with E-state index in [2.05, 4.69) is 26.1 Å². The van der Waals surface area contributed by atoms with Gasteiger partial charge in [-0.25, -0.2) is 0 Å². The van der Waals surface area contributed by atoms with Gasteiger partial charge in [0.1, 0.15) is 15.5 Å². The van der Waals surface area contributed by atoms with Gasteiger partial charge in [0, 0.05) is 10.7 Å². The van der Waals surface area contributed by atoms with E-state index in [1.54, 1.807) is 21.0 Å². The molecule has 2 aromatic heterocycles. The number of ether oxygens (including phenoxy) is 1. The summed E-state index contributed by atoms with van der Waals surface area (Å²) in [6.45, 7) is 5.17. The Kier molecular flexibility index (Phi) is 4.98. The first kappa shape index (κ1) is 18.7. The zero-order valence-electron chi connectivity index (χ0n) is 14.8. The monoisotopic (exact) mass is 435 g/mol. The Labute approximate surface area is 163 Å². The average molecular weight is 436 g/mol. The average Bonchev–Trinajstić information content (AvgIpc) is 2.93. The molecule has 136 valence electrons. The molecule has 1 N–H and O–H groups in total. The SMILES string of the molecule is COc1cccc2c1c(Br)cn2-c1cc(SC(C)(C)C(=O)O)nnc1C. The van der Waals surface area contributed by atoms with Gasteiger partial charge in [0.05, 0.1) is 29.4 Å². The van der Waals surface area contributed by atoms with E-state index < -0.39 is 10.7 Å². The summed E-state index contributed by atoms with van der Waals surface area (Å²) in [4.78, 5) is 11.4. The van der Waals surface area contributed by atoms with Crippen molar-refractivity contribution in [3.63, 3.8) is 0 Å². The van der Waals surface area contributed by atoms with Crippen LogP contribution in [0.25, 0.3) is 16.6 Å². The predicted octanol–water partition coefficient (Wildman–Crippen LogP) is 4.46. The number of halogens is 1. The van der Waals surface area contributed by atoms with Crippen LogP contribution in [-0.2, 0) is 4.79 Å². The van der Waals surface area contributed by atoms with Crippen LogP contribution in [0.4, 0.5) is 0 Å². The van der Waals surface area contributed by atoms with E-state index in [0.29, 0.717) is 5.03 Å². The van der Waals surface area contributed by atoms with Gasteiger partial charge in [-0.3, -0.25) is 4.79 Å². The van der Waals surface area contributed by atoms with Crippen LogP contribution in [-0.4, -0.2) is 37.7 Å². The fourth-order valence-corrected chi connectivity index (χ4v) is 4.07. The zero-order chi connectivity index (χ0) is 19.1. The fourth-order valence-electron chi connectivity index (χ4n) is 2.60. The number of hydrogen-bond acceptors (Lipinski definition) is 5. The number of aliphatic carboxylic acids is 1. The standard InChI is InChI=1S/C18H18BrN3O3S/c1-10-13(8-15(21-20-10)26-18(2,3)17(23)24)22-9-11(19)16-12(22)6-5-7-14(16)25-4/h5-9H,1-4H3,(H,23,24).